The molecule has 2 nitrogen and oxygen atoms in total. The van der Waals surface area contributed by atoms with Crippen molar-refractivity contribution in [3.8, 4) is 0 Å². The Hall–Kier alpha value is -0.0800. The molecule has 2 rings (SSSR count). The molecule has 3 unspecified atom stereocenters. The second-order valence-corrected chi connectivity index (χ2v) is 6.90. The van der Waals surface area contributed by atoms with E-state index < -0.39 is 0 Å². The summed E-state index contributed by atoms with van der Waals surface area (Å²) in [7, 11) is 1.95. The maximum Gasteiger partial charge on any atom is 0.0833 e. The predicted octanol–water partition coefficient (Wildman–Crippen LogP) is 4.14. The van der Waals surface area contributed by atoms with Crippen LogP contribution in [-0.2, 0) is 4.74 Å². The number of methoxy groups -OCH3 is 1. The Morgan fingerprint density at radius 2 is 1.89 bits per heavy atom. The number of likely N-dealkylation sites (N-methyl/N-ethyl adjacent to an activating group) is 1. The average molecular weight is 267 g/mol. The van der Waals surface area contributed by atoms with Crippen molar-refractivity contribution in [3.63, 3.8) is 0 Å². The van der Waals surface area contributed by atoms with Crippen molar-refractivity contribution in [1.29, 1.82) is 0 Å². The van der Waals surface area contributed by atoms with Crippen LogP contribution in [0.4, 0.5) is 0 Å². The van der Waals surface area contributed by atoms with Gasteiger partial charge in [0, 0.05) is 13.2 Å². The third kappa shape index (κ3) is 3.52. The minimum absolute atomic E-state index is 0.121. The molecule has 0 spiro atoms. The Morgan fingerprint density at radius 3 is 2.47 bits per heavy atom. The van der Waals surface area contributed by atoms with Gasteiger partial charge in [0.25, 0.3) is 0 Å². The van der Waals surface area contributed by atoms with Crippen LogP contribution in [0.3, 0.4) is 0 Å². The van der Waals surface area contributed by atoms with E-state index in [4.69, 9.17) is 4.74 Å². The van der Waals surface area contributed by atoms with Gasteiger partial charge in [-0.15, -0.1) is 0 Å². The van der Waals surface area contributed by atoms with Gasteiger partial charge in [-0.25, -0.2) is 0 Å². The predicted molar refractivity (Wildman–Crippen MR) is 81.4 cm³/mol. The zero-order valence-corrected chi connectivity index (χ0v) is 13.2. The molecule has 0 amide bonds. The third-order valence-corrected chi connectivity index (χ3v) is 5.55. The van der Waals surface area contributed by atoms with E-state index in [2.05, 4.69) is 19.2 Å². The summed E-state index contributed by atoms with van der Waals surface area (Å²) in [6.45, 7) is 5.74. The van der Waals surface area contributed by atoms with Crippen LogP contribution in [0.5, 0.6) is 0 Å². The van der Waals surface area contributed by atoms with Crippen molar-refractivity contribution in [1.82, 2.24) is 5.32 Å². The van der Waals surface area contributed by atoms with Crippen LogP contribution < -0.4 is 5.32 Å². The van der Waals surface area contributed by atoms with Gasteiger partial charge in [0.05, 0.1) is 5.60 Å². The van der Waals surface area contributed by atoms with Gasteiger partial charge in [-0.2, -0.15) is 0 Å². The van der Waals surface area contributed by atoms with Crippen LogP contribution in [-0.4, -0.2) is 25.3 Å². The van der Waals surface area contributed by atoms with E-state index in [9.17, 15) is 0 Å². The van der Waals surface area contributed by atoms with Crippen LogP contribution in [0, 0.1) is 11.8 Å². The number of ether oxygens (including phenoxy) is 1. The fourth-order valence-electron chi connectivity index (χ4n) is 4.58. The van der Waals surface area contributed by atoms with E-state index >= 15 is 0 Å². The summed E-state index contributed by atoms with van der Waals surface area (Å²) in [5.41, 5.74) is 0.121. The number of hydrogen-bond donors (Lipinski definition) is 1. The highest BCUT2D eigenvalue weighted by Gasteiger charge is 2.44. The van der Waals surface area contributed by atoms with Crippen LogP contribution in [0.1, 0.15) is 71.6 Å². The van der Waals surface area contributed by atoms with Crippen LogP contribution in [0.25, 0.3) is 0 Å². The Kier molecular flexibility index (Phi) is 5.70. The second kappa shape index (κ2) is 7.08. The molecule has 2 aliphatic rings. The van der Waals surface area contributed by atoms with Crippen LogP contribution in [0.15, 0.2) is 0 Å². The molecule has 0 saturated heterocycles. The van der Waals surface area contributed by atoms with E-state index in [0.717, 1.165) is 18.4 Å². The SMILES string of the molecule is CCNC(C1CCCC(C)C1)C1(OC)CCCCC1. The summed E-state index contributed by atoms with van der Waals surface area (Å²) in [4.78, 5) is 0. The summed E-state index contributed by atoms with van der Waals surface area (Å²) in [5, 5.41) is 3.81. The van der Waals surface area contributed by atoms with Crippen molar-refractivity contribution >= 4 is 0 Å². The Morgan fingerprint density at radius 1 is 1.16 bits per heavy atom. The molecule has 1 N–H and O–H groups in total. The van der Waals surface area contributed by atoms with Crippen molar-refractivity contribution in [2.45, 2.75) is 83.3 Å². The second-order valence-electron chi connectivity index (χ2n) is 6.90. The molecule has 0 heterocycles. The summed E-state index contributed by atoms with van der Waals surface area (Å²) in [6, 6.07) is 0.575. The fourth-order valence-corrected chi connectivity index (χ4v) is 4.58. The molecule has 0 bridgehead atoms. The van der Waals surface area contributed by atoms with Crippen molar-refractivity contribution in [2.75, 3.05) is 13.7 Å². The zero-order valence-electron chi connectivity index (χ0n) is 13.2. The van der Waals surface area contributed by atoms with Gasteiger partial charge >= 0.3 is 0 Å². The monoisotopic (exact) mass is 267 g/mol. The maximum absolute atomic E-state index is 6.12. The van der Waals surface area contributed by atoms with Gasteiger partial charge in [-0.1, -0.05) is 46.0 Å². The maximum atomic E-state index is 6.12. The summed E-state index contributed by atoms with van der Waals surface area (Å²) < 4.78 is 6.12. The normalized spacial score (nSPS) is 33.0. The summed E-state index contributed by atoms with van der Waals surface area (Å²) >= 11 is 0. The van der Waals surface area contributed by atoms with Crippen molar-refractivity contribution in [2.24, 2.45) is 11.8 Å². The minimum Gasteiger partial charge on any atom is -0.377 e. The first-order valence-corrected chi connectivity index (χ1v) is 8.50. The third-order valence-electron chi connectivity index (χ3n) is 5.55. The molecule has 0 aromatic heterocycles. The van der Waals surface area contributed by atoms with Gasteiger partial charge < -0.3 is 10.1 Å². The first-order valence-electron chi connectivity index (χ1n) is 8.50. The molecular formula is C17H33NO. The Bertz CT molecular complexity index is 260. The average Bonchev–Trinajstić information content (AvgIpc) is 2.45. The lowest BCUT2D eigenvalue weighted by molar-refractivity contribution is -0.0866. The molecule has 3 atom stereocenters. The summed E-state index contributed by atoms with van der Waals surface area (Å²) in [6.07, 6.45) is 12.2. The first kappa shape index (κ1) is 15.3. The van der Waals surface area contributed by atoms with Gasteiger partial charge in [-0.3, -0.25) is 0 Å². The topological polar surface area (TPSA) is 21.3 Å². The van der Waals surface area contributed by atoms with E-state index in [1.165, 1.54) is 57.8 Å². The van der Waals surface area contributed by atoms with E-state index in [0.29, 0.717) is 6.04 Å². The van der Waals surface area contributed by atoms with E-state index in [1.807, 2.05) is 7.11 Å². The lowest BCUT2D eigenvalue weighted by Gasteiger charge is -2.48. The first-order chi connectivity index (χ1) is 9.22. The largest absolute Gasteiger partial charge is 0.377 e. The van der Waals surface area contributed by atoms with Gasteiger partial charge in [0.15, 0.2) is 0 Å². The molecule has 19 heavy (non-hydrogen) atoms. The van der Waals surface area contributed by atoms with Gasteiger partial charge in [0.2, 0.25) is 0 Å². The van der Waals surface area contributed by atoms with Crippen molar-refractivity contribution < 1.29 is 4.74 Å². The smallest absolute Gasteiger partial charge is 0.0833 e. The quantitative estimate of drug-likeness (QED) is 0.808. The van der Waals surface area contributed by atoms with Gasteiger partial charge in [-0.05, 0) is 44.1 Å². The lowest BCUT2D eigenvalue weighted by atomic mass is 9.69. The minimum atomic E-state index is 0.121. The Labute approximate surface area is 119 Å². The van der Waals surface area contributed by atoms with Crippen molar-refractivity contribution in [3.05, 3.63) is 0 Å². The molecule has 0 aromatic rings. The molecule has 2 saturated carbocycles. The molecule has 2 heteroatoms. The number of nitrogens with one attached hydrogen (secondary N) is 1. The molecule has 2 fully saturated rings. The molecule has 2 aliphatic carbocycles. The molecule has 0 aromatic carbocycles. The highest BCUT2D eigenvalue weighted by molar-refractivity contribution is 4.99. The Balaban J connectivity index is 2.12. The molecule has 0 radical (unpaired) electrons. The number of rotatable bonds is 5. The van der Waals surface area contributed by atoms with Crippen LogP contribution >= 0.6 is 0 Å². The lowest BCUT2D eigenvalue weighted by Crippen LogP contribution is -2.57. The number of hydrogen-bond acceptors (Lipinski definition) is 2. The van der Waals surface area contributed by atoms with E-state index in [1.54, 1.807) is 0 Å². The molecule has 0 aliphatic heterocycles. The van der Waals surface area contributed by atoms with E-state index in [-0.39, 0.29) is 5.60 Å². The van der Waals surface area contributed by atoms with Crippen LogP contribution in [0.2, 0.25) is 0 Å². The molecule has 112 valence electrons. The highest BCUT2D eigenvalue weighted by Crippen LogP contribution is 2.41. The molecular weight excluding hydrogens is 234 g/mol. The standard InChI is InChI=1S/C17H33NO/c1-4-18-16(15-10-8-9-14(2)13-15)17(19-3)11-6-5-7-12-17/h14-16,18H,4-13H2,1-3H3. The summed E-state index contributed by atoms with van der Waals surface area (Å²) in [5.74, 6) is 1.72. The zero-order chi connectivity index (χ0) is 13.7. The van der Waals surface area contributed by atoms with Gasteiger partial charge in [0.1, 0.15) is 0 Å². The highest BCUT2D eigenvalue weighted by atomic mass is 16.5. The fraction of sp³-hybridized carbons (Fsp3) is 1.00.